The summed E-state index contributed by atoms with van der Waals surface area (Å²) in [7, 11) is 0. The van der Waals surface area contributed by atoms with Crippen LogP contribution in [0.2, 0.25) is 18.5 Å². The van der Waals surface area contributed by atoms with Gasteiger partial charge in [-0.1, -0.05) is 0 Å². The molecule has 4 unspecified atom stereocenters. The third-order valence-electron chi connectivity index (χ3n) is 16.5. The van der Waals surface area contributed by atoms with Crippen LogP contribution >= 0.6 is 0 Å². The first-order chi connectivity index (χ1) is 35.1. The van der Waals surface area contributed by atoms with Crippen LogP contribution in [-0.2, 0) is 41.8 Å². The summed E-state index contributed by atoms with van der Waals surface area (Å²) in [4.78, 5) is 0. The Morgan fingerprint density at radius 3 is 0.662 bits per heavy atom. The number of fused-ring (bicyclic) bond motifs is 4. The molecule has 8 aromatic rings. The van der Waals surface area contributed by atoms with Gasteiger partial charge in [-0.05, 0) is 0 Å². The Labute approximate surface area is 471 Å². The zero-order valence-corrected chi connectivity index (χ0v) is 52.7. The van der Waals surface area contributed by atoms with E-state index in [1.165, 1.54) is 66.8 Å². The maximum absolute atomic E-state index is 2.68. The van der Waals surface area contributed by atoms with E-state index < -0.39 is 53.7 Å². The predicted octanol–water partition coefficient (Wildman–Crippen LogP) is 12.5. The van der Waals surface area contributed by atoms with Gasteiger partial charge in [0.1, 0.15) is 0 Å². The number of rotatable bonds is 10. The van der Waals surface area contributed by atoms with E-state index in [-0.39, 0.29) is 24.8 Å². The standard InChI is InChI=1S/2C32H27Si.4CH3.2ClH.2Zr/c2*1-21-19-29-25(23-11-5-3-6-12-23)15-9-17-27(29)31(21)33-32-22(2)20-30-26(16-10-18-28(30)32)24-13-7-4-8-14-24;;;;;;;;/h2*3-20,31-33H,1-2H3;4*1H3;2*1H;;/q;;;;;;;;2*+1/p-2. The number of allylic oxidation sites excluding steroid dienone is 4. The van der Waals surface area contributed by atoms with Crippen LogP contribution < -0.4 is 24.8 Å². The Morgan fingerprint density at radius 2 is 0.473 bits per heavy atom. The fraction of sp³-hybridized carbons (Fsp3) is 0.176. The molecule has 368 valence electrons. The molecule has 12 rings (SSSR count). The van der Waals surface area contributed by atoms with Gasteiger partial charge in [0.05, 0.1) is 0 Å². The van der Waals surface area contributed by atoms with Gasteiger partial charge in [0, 0.05) is 0 Å². The molecule has 0 aliphatic heterocycles. The van der Waals surface area contributed by atoms with Crippen molar-refractivity contribution in [3.05, 3.63) is 261 Å². The fourth-order valence-electron chi connectivity index (χ4n) is 13.4. The van der Waals surface area contributed by atoms with Gasteiger partial charge >= 0.3 is 452 Å². The van der Waals surface area contributed by atoms with E-state index in [1.54, 1.807) is 44.5 Å². The molecule has 6 heteroatoms. The van der Waals surface area contributed by atoms with Gasteiger partial charge in [-0.3, -0.25) is 0 Å². The molecule has 4 atom stereocenters. The minimum Gasteiger partial charge on any atom is -1.00 e. The normalized spacial score (nSPS) is 18.3. The molecule has 0 amide bonds. The average molecular weight is 1190 g/mol. The summed E-state index contributed by atoms with van der Waals surface area (Å²) in [5, 5.41) is 0. The molecule has 0 spiro atoms. The topological polar surface area (TPSA) is 0 Å². The van der Waals surface area contributed by atoms with Crippen molar-refractivity contribution in [3.63, 3.8) is 0 Å². The monoisotopic (exact) mass is 1190 g/mol. The summed E-state index contributed by atoms with van der Waals surface area (Å²) >= 11 is -3.14. The van der Waals surface area contributed by atoms with Crippen LogP contribution in [0.5, 0.6) is 0 Å². The Hall–Kier alpha value is -4.50. The first-order valence-corrected chi connectivity index (χ1v) is 48.3. The van der Waals surface area contributed by atoms with Crippen molar-refractivity contribution in [1.29, 1.82) is 0 Å². The molecule has 0 N–H and O–H groups in total. The van der Waals surface area contributed by atoms with Crippen molar-refractivity contribution in [3.8, 4) is 44.5 Å². The number of hydrogen-bond donors (Lipinski definition) is 0. The Balaban J connectivity index is 0.000000177. The number of benzene rings is 8. The van der Waals surface area contributed by atoms with Crippen LogP contribution in [-0.4, -0.2) is 11.8 Å². The molecular weight excluding hydrogens is 1130 g/mol. The van der Waals surface area contributed by atoms with Gasteiger partial charge in [-0.25, -0.2) is 0 Å². The minimum atomic E-state index is -1.57. The molecule has 0 radical (unpaired) electrons. The van der Waals surface area contributed by atoms with Crippen LogP contribution in [0.15, 0.2) is 216 Å². The largest absolute Gasteiger partial charge is 1.00 e. The average Bonchev–Trinajstić information content (AvgIpc) is 4.14. The van der Waals surface area contributed by atoms with Gasteiger partial charge < -0.3 is 24.8 Å². The number of halogens is 2. The van der Waals surface area contributed by atoms with Gasteiger partial charge in [0.15, 0.2) is 0 Å². The van der Waals surface area contributed by atoms with E-state index in [0.29, 0.717) is 22.2 Å². The summed E-state index contributed by atoms with van der Waals surface area (Å²) in [6.45, 7) is 9.67. The summed E-state index contributed by atoms with van der Waals surface area (Å²) in [6.07, 6.45) is 10.1. The van der Waals surface area contributed by atoms with E-state index in [2.05, 4.69) is 265 Å². The quantitative estimate of drug-likeness (QED) is 0.120. The molecule has 0 bridgehead atoms. The molecule has 4 aliphatic rings. The van der Waals surface area contributed by atoms with E-state index in [9.17, 15) is 0 Å². The second kappa shape index (κ2) is 23.4. The SMILES string of the molecule is CC1=Cc2c(-c3ccccc3)cccc2C1[SiH](C1C(C)=Cc2c(-c3ccccc3)cccc21)[Zr+]([CH3])[CH3].CC1=Cc2c(-c3ccccc3)cccc2C1[SiH](C1C(C)=Cc2c(-c3ccccc3)cccc21)[Zr+]([CH3])[CH3].[Cl-].[Cl-]. The van der Waals surface area contributed by atoms with Gasteiger partial charge in [-0.2, -0.15) is 0 Å². The Kier molecular flexibility index (Phi) is 17.2. The van der Waals surface area contributed by atoms with Gasteiger partial charge in [0.25, 0.3) is 0 Å². The third kappa shape index (κ3) is 10.1. The zero-order chi connectivity index (χ0) is 49.6. The van der Waals surface area contributed by atoms with Crippen LogP contribution in [0.3, 0.4) is 0 Å². The Morgan fingerprint density at radius 1 is 0.270 bits per heavy atom. The molecule has 0 fully saturated rings. The zero-order valence-electron chi connectivity index (χ0n) is 44.0. The predicted molar refractivity (Wildman–Crippen MR) is 311 cm³/mol. The number of hydrogen-bond acceptors (Lipinski definition) is 0. The molecule has 74 heavy (non-hydrogen) atoms. The maximum atomic E-state index is 2.68. The molecule has 0 saturated heterocycles. The molecule has 8 aromatic carbocycles. The molecule has 4 aliphatic carbocycles. The van der Waals surface area contributed by atoms with E-state index in [0.717, 1.165) is 0 Å². The van der Waals surface area contributed by atoms with E-state index >= 15 is 0 Å². The van der Waals surface area contributed by atoms with Crippen molar-refractivity contribution in [2.75, 3.05) is 0 Å². The van der Waals surface area contributed by atoms with Gasteiger partial charge in [0.2, 0.25) is 0 Å². The van der Waals surface area contributed by atoms with Crippen LogP contribution in [0.25, 0.3) is 68.8 Å². The van der Waals surface area contributed by atoms with Crippen LogP contribution in [0.4, 0.5) is 0 Å². The van der Waals surface area contributed by atoms with E-state index in [1.807, 2.05) is 0 Å². The van der Waals surface area contributed by atoms with Crippen molar-refractivity contribution in [2.24, 2.45) is 0 Å². The maximum Gasteiger partial charge on any atom is -1.00 e. The summed E-state index contributed by atoms with van der Waals surface area (Å²) < 4.78 is 10.7. The molecule has 0 heterocycles. The minimum absolute atomic E-state index is 0. The second-order valence-corrected chi connectivity index (χ2v) is 60.2. The van der Waals surface area contributed by atoms with Crippen molar-refractivity contribution in [1.82, 2.24) is 0 Å². The smallest absolute Gasteiger partial charge is 1.00 e. The third-order valence-corrected chi connectivity index (χ3v) is 55.0. The molecular formula is C68H66Cl2Si2Zr2. The molecule has 0 nitrogen and oxygen atoms in total. The Bertz CT molecular complexity index is 2980. The first-order valence-electron chi connectivity index (χ1n) is 26.1. The van der Waals surface area contributed by atoms with Crippen LogP contribution in [0, 0.1) is 0 Å². The second-order valence-electron chi connectivity index (χ2n) is 21.4. The van der Waals surface area contributed by atoms with Gasteiger partial charge in [-0.15, -0.1) is 0 Å². The summed E-state index contributed by atoms with van der Waals surface area (Å²) in [5.41, 5.74) is 32.2. The van der Waals surface area contributed by atoms with Crippen molar-refractivity contribution < 1.29 is 66.6 Å². The molecule has 0 saturated carbocycles. The van der Waals surface area contributed by atoms with E-state index in [4.69, 9.17) is 0 Å². The van der Waals surface area contributed by atoms with Crippen LogP contribution in [0.1, 0.15) is 94.4 Å². The van der Waals surface area contributed by atoms with Crippen molar-refractivity contribution >= 4 is 36.2 Å². The fourth-order valence-corrected chi connectivity index (χ4v) is 54.9. The molecule has 0 aromatic heterocycles. The summed E-state index contributed by atoms with van der Waals surface area (Å²) in [6, 6.07) is 72.1. The van der Waals surface area contributed by atoms with Crippen molar-refractivity contribution in [2.45, 2.75) is 68.4 Å². The summed E-state index contributed by atoms with van der Waals surface area (Å²) in [5.74, 6) is -2.34. The first kappa shape index (κ1) is 54.3.